The number of nitrogens with two attached hydrogens (primary N) is 1. The average Bonchev–Trinajstić information content (AvgIpc) is 2.36. The van der Waals surface area contributed by atoms with Gasteiger partial charge in [0, 0.05) is 18.6 Å². The first-order valence-electron chi connectivity index (χ1n) is 6.81. The summed E-state index contributed by atoms with van der Waals surface area (Å²) in [5, 5.41) is 8.81. The highest BCUT2D eigenvalue weighted by Crippen LogP contribution is 2.19. The van der Waals surface area contributed by atoms with Crippen LogP contribution in [0.15, 0.2) is 0 Å². The first-order chi connectivity index (χ1) is 9.64. The molecule has 0 saturated carbocycles. The molecular weight excluding hydrogens is 278 g/mol. The predicted octanol–water partition coefficient (Wildman–Crippen LogP) is -0.132. The standard InChI is InChI=1S/C13H23N3O5/c1-13(2,3)16(5-4-10(17)18)12(20)15-6-7-21-8-9(15)11(14)19/h9H,4-8H2,1-3H3,(H2,14,19)(H,17,18). The lowest BCUT2D eigenvalue weighted by molar-refractivity contribution is -0.137. The van der Waals surface area contributed by atoms with E-state index in [1.54, 1.807) is 0 Å². The summed E-state index contributed by atoms with van der Waals surface area (Å²) in [5.41, 5.74) is 4.74. The van der Waals surface area contributed by atoms with Crippen LogP contribution in [-0.2, 0) is 14.3 Å². The van der Waals surface area contributed by atoms with Gasteiger partial charge in [-0.05, 0) is 20.8 Å². The molecule has 1 aliphatic rings. The van der Waals surface area contributed by atoms with E-state index in [2.05, 4.69) is 0 Å². The summed E-state index contributed by atoms with van der Waals surface area (Å²) in [6.07, 6.45) is -0.158. The van der Waals surface area contributed by atoms with Crippen molar-refractivity contribution < 1.29 is 24.2 Å². The molecule has 21 heavy (non-hydrogen) atoms. The number of carboxylic acid groups (broad SMARTS) is 1. The van der Waals surface area contributed by atoms with Crippen LogP contribution in [-0.4, -0.2) is 70.7 Å². The third-order valence-electron chi connectivity index (χ3n) is 3.29. The zero-order valence-corrected chi connectivity index (χ0v) is 12.7. The summed E-state index contributed by atoms with van der Waals surface area (Å²) in [5.74, 6) is -1.61. The van der Waals surface area contributed by atoms with E-state index >= 15 is 0 Å². The minimum absolute atomic E-state index is 0.0674. The number of carboxylic acids is 1. The molecule has 0 aromatic heterocycles. The van der Waals surface area contributed by atoms with Crippen molar-refractivity contribution in [2.45, 2.75) is 38.8 Å². The first kappa shape index (κ1) is 17.2. The van der Waals surface area contributed by atoms with Crippen molar-refractivity contribution in [2.75, 3.05) is 26.3 Å². The van der Waals surface area contributed by atoms with Gasteiger partial charge in [0.05, 0.1) is 19.6 Å². The van der Waals surface area contributed by atoms with Crippen molar-refractivity contribution in [3.05, 3.63) is 0 Å². The number of nitrogens with zero attached hydrogens (tertiary/aromatic N) is 2. The number of amides is 3. The minimum atomic E-state index is -0.981. The molecule has 8 nitrogen and oxygen atoms in total. The lowest BCUT2D eigenvalue weighted by atomic mass is 10.1. The lowest BCUT2D eigenvalue weighted by Crippen LogP contribution is -2.61. The predicted molar refractivity (Wildman–Crippen MR) is 74.6 cm³/mol. The number of primary amides is 1. The zero-order valence-electron chi connectivity index (χ0n) is 12.7. The first-order valence-corrected chi connectivity index (χ1v) is 6.81. The molecule has 1 saturated heterocycles. The summed E-state index contributed by atoms with van der Waals surface area (Å²) in [6.45, 7) is 6.16. The van der Waals surface area contributed by atoms with Crippen LogP contribution in [0.2, 0.25) is 0 Å². The minimum Gasteiger partial charge on any atom is -0.481 e. The number of ether oxygens (including phenoxy) is 1. The molecule has 3 N–H and O–H groups in total. The van der Waals surface area contributed by atoms with E-state index < -0.39 is 29.5 Å². The summed E-state index contributed by atoms with van der Waals surface area (Å²) in [7, 11) is 0. The second kappa shape index (κ2) is 6.75. The average molecular weight is 301 g/mol. The third kappa shape index (κ3) is 4.59. The Morgan fingerprint density at radius 3 is 2.48 bits per heavy atom. The maximum atomic E-state index is 12.7. The maximum absolute atomic E-state index is 12.7. The van der Waals surface area contributed by atoms with Gasteiger partial charge in [-0.25, -0.2) is 4.79 Å². The monoisotopic (exact) mass is 301 g/mol. The van der Waals surface area contributed by atoms with Gasteiger partial charge in [0.2, 0.25) is 5.91 Å². The molecule has 8 heteroatoms. The highest BCUT2D eigenvalue weighted by atomic mass is 16.5. The zero-order chi connectivity index (χ0) is 16.2. The van der Waals surface area contributed by atoms with Gasteiger partial charge in [-0.2, -0.15) is 0 Å². The van der Waals surface area contributed by atoms with Crippen molar-refractivity contribution in [1.29, 1.82) is 0 Å². The van der Waals surface area contributed by atoms with Gasteiger partial charge in [-0.15, -0.1) is 0 Å². The van der Waals surface area contributed by atoms with Gasteiger partial charge in [0.1, 0.15) is 6.04 Å². The number of urea groups is 1. The van der Waals surface area contributed by atoms with Gasteiger partial charge in [-0.1, -0.05) is 0 Å². The molecule has 0 bridgehead atoms. The van der Waals surface area contributed by atoms with E-state index in [1.165, 1.54) is 9.80 Å². The van der Waals surface area contributed by atoms with Gasteiger partial charge in [0.25, 0.3) is 0 Å². The molecule has 0 aromatic carbocycles. The van der Waals surface area contributed by atoms with Crippen LogP contribution in [0.1, 0.15) is 27.2 Å². The molecule has 0 spiro atoms. The normalized spacial score (nSPS) is 19.2. The van der Waals surface area contributed by atoms with Crippen LogP contribution >= 0.6 is 0 Å². The van der Waals surface area contributed by atoms with Gasteiger partial charge >= 0.3 is 12.0 Å². The lowest BCUT2D eigenvalue weighted by Gasteiger charge is -2.42. The summed E-state index contributed by atoms with van der Waals surface area (Å²) < 4.78 is 5.18. The topological polar surface area (TPSA) is 113 Å². The Hall–Kier alpha value is -1.83. The Morgan fingerprint density at radius 1 is 1.38 bits per heavy atom. The van der Waals surface area contributed by atoms with Crippen molar-refractivity contribution in [2.24, 2.45) is 5.73 Å². The van der Waals surface area contributed by atoms with Gasteiger partial charge < -0.3 is 25.4 Å². The Kier molecular flexibility index (Phi) is 5.54. The number of carbonyl (C=O) groups excluding carboxylic acids is 2. The number of hydrogen-bond donors (Lipinski definition) is 2. The summed E-state index contributed by atoms with van der Waals surface area (Å²) in [6, 6.07) is -1.21. The van der Waals surface area contributed by atoms with Crippen LogP contribution < -0.4 is 5.73 Å². The van der Waals surface area contributed by atoms with Crippen molar-refractivity contribution >= 4 is 17.9 Å². The van der Waals surface area contributed by atoms with Crippen LogP contribution in [0.25, 0.3) is 0 Å². The SMILES string of the molecule is CC(C)(C)N(CCC(=O)O)C(=O)N1CCOCC1C(N)=O. The highest BCUT2D eigenvalue weighted by molar-refractivity contribution is 5.86. The Balaban J connectivity index is 2.92. The molecule has 0 aromatic rings. The molecule has 1 aliphatic heterocycles. The maximum Gasteiger partial charge on any atom is 0.321 e. The molecule has 3 amide bonds. The molecule has 0 radical (unpaired) electrons. The van der Waals surface area contributed by atoms with E-state index in [9.17, 15) is 14.4 Å². The van der Waals surface area contributed by atoms with E-state index in [-0.39, 0.29) is 26.1 Å². The molecule has 1 unspecified atom stereocenters. The molecule has 0 aliphatic carbocycles. The molecule has 1 heterocycles. The highest BCUT2D eigenvalue weighted by Gasteiger charge is 2.37. The summed E-state index contributed by atoms with van der Waals surface area (Å²) in [4.78, 5) is 37.7. The number of aliphatic carboxylic acids is 1. The van der Waals surface area contributed by atoms with Crippen molar-refractivity contribution in [3.63, 3.8) is 0 Å². The van der Waals surface area contributed by atoms with Crippen LogP contribution in [0.5, 0.6) is 0 Å². The van der Waals surface area contributed by atoms with E-state index in [0.29, 0.717) is 6.61 Å². The molecular formula is C13H23N3O5. The molecule has 1 rings (SSSR count). The second-order valence-electron chi connectivity index (χ2n) is 5.94. The van der Waals surface area contributed by atoms with E-state index in [4.69, 9.17) is 15.6 Å². The summed E-state index contributed by atoms with van der Waals surface area (Å²) >= 11 is 0. The molecule has 120 valence electrons. The fourth-order valence-corrected chi connectivity index (χ4v) is 2.15. The van der Waals surface area contributed by atoms with Crippen molar-refractivity contribution in [1.82, 2.24) is 9.80 Å². The molecule has 1 atom stereocenters. The van der Waals surface area contributed by atoms with Gasteiger partial charge in [0.15, 0.2) is 0 Å². The van der Waals surface area contributed by atoms with Crippen molar-refractivity contribution in [3.8, 4) is 0 Å². The molecule has 1 fully saturated rings. The number of hydrogen-bond acceptors (Lipinski definition) is 4. The van der Waals surface area contributed by atoms with E-state index in [1.807, 2.05) is 20.8 Å². The Labute approximate surface area is 123 Å². The largest absolute Gasteiger partial charge is 0.481 e. The number of rotatable bonds is 4. The van der Waals surface area contributed by atoms with Crippen LogP contribution in [0.3, 0.4) is 0 Å². The second-order valence-corrected chi connectivity index (χ2v) is 5.94. The fraction of sp³-hybridized carbons (Fsp3) is 0.769. The third-order valence-corrected chi connectivity index (χ3v) is 3.29. The van der Waals surface area contributed by atoms with Gasteiger partial charge in [-0.3, -0.25) is 9.59 Å². The number of morpholine rings is 1. The Bertz CT molecular complexity index is 419. The number of carbonyl (C=O) groups is 3. The van der Waals surface area contributed by atoms with E-state index in [0.717, 1.165) is 0 Å². The fourth-order valence-electron chi connectivity index (χ4n) is 2.15. The van der Waals surface area contributed by atoms with Crippen LogP contribution in [0, 0.1) is 0 Å². The quantitative estimate of drug-likeness (QED) is 0.751. The smallest absolute Gasteiger partial charge is 0.321 e. The van der Waals surface area contributed by atoms with Crippen LogP contribution in [0.4, 0.5) is 4.79 Å². The Morgan fingerprint density at radius 2 is 2.00 bits per heavy atom.